The van der Waals surface area contributed by atoms with Crippen LogP contribution in [-0.2, 0) is 10.0 Å². The molecule has 1 aromatic heterocycles. The Balaban J connectivity index is 2.37. The van der Waals surface area contributed by atoms with Gasteiger partial charge in [0.15, 0.2) is 0 Å². The fourth-order valence-corrected chi connectivity index (χ4v) is 4.03. The Morgan fingerprint density at radius 1 is 1.47 bits per heavy atom. The van der Waals surface area contributed by atoms with Crippen LogP contribution in [0.2, 0.25) is 0 Å². The van der Waals surface area contributed by atoms with Crippen LogP contribution in [0.5, 0.6) is 0 Å². The van der Waals surface area contributed by atoms with Gasteiger partial charge < -0.3 is 10.3 Å². The molecular weight excluding hydrogens is 266 g/mol. The van der Waals surface area contributed by atoms with E-state index >= 15 is 0 Å². The third-order valence-electron chi connectivity index (χ3n) is 3.30. The standard InChI is InChI=1S/C11H19N5O2S/c1-9-8-15(2)5-6-16(9)19(17,18)11-7-13-4-3-10(11)14-12/h3-4,7,9H,5-6,8,12H2,1-2H3,(H,13,14). The molecule has 1 aliphatic heterocycles. The fourth-order valence-electron chi connectivity index (χ4n) is 2.31. The predicted octanol–water partition coefficient (Wildman–Crippen LogP) is -0.308. The van der Waals surface area contributed by atoms with Crippen molar-refractivity contribution >= 4 is 15.7 Å². The second-order valence-electron chi connectivity index (χ2n) is 4.74. The molecular formula is C11H19N5O2S. The zero-order chi connectivity index (χ0) is 14.0. The number of pyridine rings is 1. The van der Waals surface area contributed by atoms with E-state index in [4.69, 9.17) is 5.84 Å². The van der Waals surface area contributed by atoms with Gasteiger partial charge in [0.25, 0.3) is 0 Å². The number of sulfonamides is 1. The molecule has 19 heavy (non-hydrogen) atoms. The molecule has 1 aromatic rings. The molecule has 106 valence electrons. The van der Waals surface area contributed by atoms with Crippen molar-refractivity contribution in [2.75, 3.05) is 32.1 Å². The highest BCUT2D eigenvalue weighted by Gasteiger charge is 2.34. The number of nitrogens with two attached hydrogens (primary N) is 1. The molecule has 0 bridgehead atoms. The van der Waals surface area contributed by atoms with Crippen molar-refractivity contribution in [1.82, 2.24) is 14.2 Å². The summed E-state index contributed by atoms with van der Waals surface area (Å²) in [4.78, 5) is 6.12. The summed E-state index contributed by atoms with van der Waals surface area (Å²) < 4.78 is 26.8. The van der Waals surface area contributed by atoms with Crippen LogP contribution in [0.1, 0.15) is 6.92 Å². The SMILES string of the molecule is CC1CN(C)CCN1S(=O)(=O)c1cnccc1NN. The topological polar surface area (TPSA) is 91.6 Å². The maximum absolute atomic E-state index is 12.7. The first kappa shape index (κ1) is 14.2. The van der Waals surface area contributed by atoms with Gasteiger partial charge in [-0.3, -0.25) is 10.8 Å². The Morgan fingerprint density at radius 2 is 2.21 bits per heavy atom. The Bertz CT molecular complexity index is 548. The van der Waals surface area contributed by atoms with Crippen molar-refractivity contribution in [3.8, 4) is 0 Å². The highest BCUT2D eigenvalue weighted by Crippen LogP contribution is 2.25. The van der Waals surface area contributed by atoms with Gasteiger partial charge in [-0.2, -0.15) is 4.31 Å². The number of hydrogen-bond donors (Lipinski definition) is 2. The number of nitrogens with one attached hydrogen (secondary N) is 1. The van der Waals surface area contributed by atoms with Gasteiger partial charge in [0.05, 0.1) is 5.69 Å². The summed E-state index contributed by atoms with van der Waals surface area (Å²) in [5.74, 6) is 5.36. The molecule has 1 atom stereocenters. The van der Waals surface area contributed by atoms with Crippen LogP contribution in [0.4, 0.5) is 5.69 Å². The molecule has 0 spiro atoms. The highest BCUT2D eigenvalue weighted by molar-refractivity contribution is 7.89. The van der Waals surface area contributed by atoms with Crippen LogP contribution in [0.25, 0.3) is 0 Å². The fraction of sp³-hybridized carbons (Fsp3) is 0.545. The van der Waals surface area contributed by atoms with Gasteiger partial charge in [-0.15, -0.1) is 0 Å². The van der Waals surface area contributed by atoms with Gasteiger partial charge in [-0.05, 0) is 20.0 Å². The second-order valence-corrected chi connectivity index (χ2v) is 6.60. The molecule has 1 saturated heterocycles. The third kappa shape index (κ3) is 2.71. The van der Waals surface area contributed by atoms with E-state index in [2.05, 4.69) is 15.3 Å². The lowest BCUT2D eigenvalue weighted by atomic mass is 10.2. The molecule has 0 saturated carbocycles. The van der Waals surface area contributed by atoms with Crippen molar-refractivity contribution in [2.45, 2.75) is 17.9 Å². The number of likely N-dealkylation sites (N-methyl/N-ethyl adjacent to an activating group) is 1. The summed E-state index contributed by atoms with van der Waals surface area (Å²) in [6, 6.07) is 1.47. The molecule has 8 heteroatoms. The number of rotatable bonds is 3. The molecule has 2 heterocycles. The van der Waals surface area contributed by atoms with Crippen molar-refractivity contribution in [3.05, 3.63) is 18.5 Å². The molecule has 0 aromatic carbocycles. The van der Waals surface area contributed by atoms with Crippen LogP contribution < -0.4 is 11.3 Å². The van der Waals surface area contributed by atoms with Crippen molar-refractivity contribution in [2.24, 2.45) is 5.84 Å². The molecule has 1 unspecified atom stereocenters. The van der Waals surface area contributed by atoms with Gasteiger partial charge in [0.2, 0.25) is 10.0 Å². The lowest BCUT2D eigenvalue weighted by Crippen LogP contribution is -2.52. The van der Waals surface area contributed by atoms with Crippen LogP contribution in [-0.4, -0.2) is 55.3 Å². The largest absolute Gasteiger partial charge is 0.323 e. The Hall–Kier alpha value is -1.22. The van der Waals surface area contributed by atoms with Crippen molar-refractivity contribution in [1.29, 1.82) is 0 Å². The summed E-state index contributed by atoms with van der Waals surface area (Å²) in [7, 11) is -1.59. The van der Waals surface area contributed by atoms with Crippen LogP contribution in [0.15, 0.2) is 23.4 Å². The molecule has 7 nitrogen and oxygen atoms in total. The molecule has 1 aliphatic rings. The minimum atomic E-state index is -3.58. The zero-order valence-electron chi connectivity index (χ0n) is 11.1. The number of hydrogen-bond acceptors (Lipinski definition) is 6. The van der Waals surface area contributed by atoms with E-state index in [1.165, 1.54) is 16.7 Å². The number of aromatic nitrogens is 1. The minimum Gasteiger partial charge on any atom is -0.323 e. The summed E-state index contributed by atoms with van der Waals surface area (Å²) in [5, 5.41) is 0. The van der Waals surface area contributed by atoms with Gasteiger partial charge in [-0.25, -0.2) is 8.42 Å². The van der Waals surface area contributed by atoms with E-state index in [1.807, 2.05) is 14.0 Å². The molecule has 1 fully saturated rings. The summed E-state index contributed by atoms with van der Waals surface area (Å²) in [6.07, 6.45) is 2.83. The van der Waals surface area contributed by atoms with E-state index in [9.17, 15) is 8.42 Å². The van der Waals surface area contributed by atoms with Gasteiger partial charge in [0, 0.05) is 38.1 Å². The summed E-state index contributed by atoms with van der Waals surface area (Å²) >= 11 is 0. The van der Waals surface area contributed by atoms with Crippen molar-refractivity contribution in [3.63, 3.8) is 0 Å². The zero-order valence-corrected chi connectivity index (χ0v) is 11.9. The Kier molecular flexibility index (Phi) is 4.04. The molecule has 0 amide bonds. The van der Waals surface area contributed by atoms with E-state index in [0.717, 1.165) is 6.54 Å². The van der Waals surface area contributed by atoms with Crippen LogP contribution in [0.3, 0.4) is 0 Å². The van der Waals surface area contributed by atoms with E-state index in [0.29, 0.717) is 18.8 Å². The Morgan fingerprint density at radius 3 is 2.84 bits per heavy atom. The summed E-state index contributed by atoms with van der Waals surface area (Å²) in [6.45, 7) is 3.80. The third-order valence-corrected chi connectivity index (χ3v) is 5.34. The maximum Gasteiger partial charge on any atom is 0.247 e. The van der Waals surface area contributed by atoms with Gasteiger partial charge in [0.1, 0.15) is 4.90 Å². The molecule has 0 aliphatic carbocycles. The number of hydrazine groups is 1. The van der Waals surface area contributed by atoms with E-state index < -0.39 is 10.0 Å². The normalized spacial score (nSPS) is 22.4. The first-order chi connectivity index (χ1) is 8.96. The van der Waals surface area contributed by atoms with Crippen LogP contribution >= 0.6 is 0 Å². The van der Waals surface area contributed by atoms with Gasteiger partial charge in [-0.1, -0.05) is 0 Å². The quantitative estimate of drug-likeness (QED) is 0.585. The Labute approximate surface area is 113 Å². The molecule has 0 radical (unpaired) electrons. The van der Waals surface area contributed by atoms with E-state index in [-0.39, 0.29) is 10.9 Å². The van der Waals surface area contributed by atoms with Crippen molar-refractivity contribution < 1.29 is 8.42 Å². The first-order valence-electron chi connectivity index (χ1n) is 6.08. The van der Waals surface area contributed by atoms with Gasteiger partial charge >= 0.3 is 0 Å². The average molecular weight is 285 g/mol. The molecule has 2 rings (SSSR count). The number of anilines is 1. The lowest BCUT2D eigenvalue weighted by Gasteiger charge is -2.37. The monoisotopic (exact) mass is 285 g/mol. The minimum absolute atomic E-state index is 0.0745. The number of nitrogen functional groups attached to an aromatic ring is 1. The average Bonchev–Trinajstić information content (AvgIpc) is 2.38. The number of nitrogens with zero attached hydrogens (tertiary/aromatic N) is 3. The van der Waals surface area contributed by atoms with E-state index in [1.54, 1.807) is 6.07 Å². The molecule has 3 N–H and O–H groups in total. The first-order valence-corrected chi connectivity index (χ1v) is 7.52. The highest BCUT2D eigenvalue weighted by atomic mass is 32.2. The lowest BCUT2D eigenvalue weighted by molar-refractivity contribution is 0.170. The maximum atomic E-state index is 12.7. The second kappa shape index (κ2) is 5.41. The number of piperazine rings is 1. The smallest absolute Gasteiger partial charge is 0.247 e. The predicted molar refractivity (Wildman–Crippen MR) is 72.9 cm³/mol. The summed E-state index contributed by atoms with van der Waals surface area (Å²) in [5.41, 5.74) is 2.77. The van der Waals surface area contributed by atoms with Crippen LogP contribution in [0, 0.1) is 0 Å².